The molecule has 0 amide bonds. The zero-order valence-electron chi connectivity index (χ0n) is 12.5. The highest BCUT2D eigenvalue weighted by Crippen LogP contribution is 2.48. The molecular formula is C16H27N3. The van der Waals surface area contributed by atoms with E-state index in [1.165, 1.54) is 31.2 Å². The Kier molecular flexibility index (Phi) is 3.42. The predicted octanol–water partition coefficient (Wildman–Crippen LogP) is 3.21. The van der Waals surface area contributed by atoms with Gasteiger partial charge >= 0.3 is 0 Å². The molecule has 0 spiro atoms. The lowest BCUT2D eigenvalue weighted by atomic mass is 9.89. The molecule has 1 aromatic heterocycles. The highest BCUT2D eigenvalue weighted by molar-refractivity contribution is 5.04. The van der Waals surface area contributed by atoms with Crippen LogP contribution in [0.2, 0.25) is 0 Å². The molecule has 3 nitrogen and oxygen atoms in total. The average Bonchev–Trinajstić information content (AvgIpc) is 3.01. The third kappa shape index (κ3) is 3.19. The lowest BCUT2D eigenvalue weighted by Gasteiger charge is -2.21. The molecule has 0 aromatic carbocycles. The van der Waals surface area contributed by atoms with Gasteiger partial charge in [0.05, 0.1) is 6.20 Å². The minimum absolute atomic E-state index is 0.173. The lowest BCUT2D eigenvalue weighted by molar-refractivity contribution is 0.285. The molecule has 3 unspecified atom stereocenters. The maximum atomic E-state index is 4.54. The first-order valence-corrected chi connectivity index (χ1v) is 7.76. The van der Waals surface area contributed by atoms with Crippen LogP contribution in [-0.2, 0) is 13.1 Å². The summed E-state index contributed by atoms with van der Waals surface area (Å²) in [5.74, 6) is 2.92. The SMILES string of the molecule is CC(C)(C)NCc1cnn(CC2CC3CCC2C3)c1. The van der Waals surface area contributed by atoms with E-state index in [9.17, 15) is 0 Å². The summed E-state index contributed by atoms with van der Waals surface area (Å²) in [5.41, 5.74) is 1.48. The van der Waals surface area contributed by atoms with Gasteiger partial charge in [0.25, 0.3) is 0 Å². The quantitative estimate of drug-likeness (QED) is 0.902. The van der Waals surface area contributed by atoms with Crippen molar-refractivity contribution in [2.75, 3.05) is 0 Å². The second kappa shape index (κ2) is 4.93. The highest BCUT2D eigenvalue weighted by atomic mass is 15.3. The van der Waals surface area contributed by atoms with Crippen LogP contribution in [0, 0.1) is 17.8 Å². The maximum absolute atomic E-state index is 4.54. The number of aromatic nitrogens is 2. The van der Waals surface area contributed by atoms with Crippen molar-refractivity contribution in [2.24, 2.45) is 17.8 Å². The Bertz CT molecular complexity index is 429. The molecule has 106 valence electrons. The van der Waals surface area contributed by atoms with E-state index in [0.717, 1.165) is 30.8 Å². The zero-order valence-corrected chi connectivity index (χ0v) is 12.5. The number of nitrogens with zero attached hydrogens (tertiary/aromatic N) is 2. The number of hydrogen-bond acceptors (Lipinski definition) is 2. The van der Waals surface area contributed by atoms with Crippen LogP contribution < -0.4 is 5.32 Å². The lowest BCUT2D eigenvalue weighted by Crippen LogP contribution is -2.34. The first-order chi connectivity index (χ1) is 8.99. The van der Waals surface area contributed by atoms with E-state index in [1.807, 2.05) is 6.20 Å². The number of hydrogen-bond donors (Lipinski definition) is 1. The summed E-state index contributed by atoms with van der Waals surface area (Å²) >= 11 is 0. The van der Waals surface area contributed by atoms with Crippen molar-refractivity contribution in [3.8, 4) is 0 Å². The van der Waals surface area contributed by atoms with Crippen LogP contribution in [-0.4, -0.2) is 15.3 Å². The van der Waals surface area contributed by atoms with E-state index < -0.39 is 0 Å². The molecule has 0 saturated heterocycles. The fraction of sp³-hybridized carbons (Fsp3) is 0.812. The van der Waals surface area contributed by atoms with Crippen LogP contribution in [0.5, 0.6) is 0 Å². The summed E-state index contributed by atoms with van der Waals surface area (Å²) in [5, 5.41) is 8.06. The Morgan fingerprint density at radius 2 is 2.16 bits per heavy atom. The van der Waals surface area contributed by atoms with Crippen molar-refractivity contribution < 1.29 is 0 Å². The summed E-state index contributed by atoms with van der Waals surface area (Å²) in [7, 11) is 0. The first-order valence-electron chi connectivity index (χ1n) is 7.76. The van der Waals surface area contributed by atoms with Gasteiger partial charge in [0.1, 0.15) is 0 Å². The molecule has 3 atom stereocenters. The fourth-order valence-electron chi connectivity index (χ4n) is 3.81. The van der Waals surface area contributed by atoms with Crippen molar-refractivity contribution in [3.05, 3.63) is 18.0 Å². The second-order valence-electron chi connectivity index (χ2n) is 7.61. The largest absolute Gasteiger partial charge is 0.308 e. The van der Waals surface area contributed by atoms with Crippen molar-refractivity contribution in [1.82, 2.24) is 15.1 Å². The van der Waals surface area contributed by atoms with Gasteiger partial charge in [-0.25, -0.2) is 0 Å². The number of rotatable bonds is 4. The van der Waals surface area contributed by atoms with Crippen molar-refractivity contribution in [2.45, 2.75) is 65.1 Å². The van der Waals surface area contributed by atoms with E-state index in [0.29, 0.717) is 0 Å². The molecule has 19 heavy (non-hydrogen) atoms. The summed E-state index contributed by atoms with van der Waals surface area (Å²) in [6.45, 7) is 8.66. The standard InChI is InChI=1S/C16H27N3/c1-16(2,3)17-8-13-9-18-19(10-13)11-15-7-12-4-5-14(15)6-12/h9-10,12,14-15,17H,4-8,11H2,1-3H3. The van der Waals surface area contributed by atoms with Gasteiger partial charge in [0.2, 0.25) is 0 Å². The molecule has 2 fully saturated rings. The molecule has 3 heteroatoms. The Hall–Kier alpha value is -0.830. The summed E-state index contributed by atoms with van der Waals surface area (Å²) in [4.78, 5) is 0. The van der Waals surface area contributed by atoms with Crippen LogP contribution in [0.4, 0.5) is 0 Å². The summed E-state index contributed by atoms with van der Waals surface area (Å²) in [6, 6.07) is 0. The average molecular weight is 261 g/mol. The summed E-state index contributed by atoms with van der Waals surface area (Å²) < 4.78 is 2.17. The van der Waals surface area contributed by atoms with E-state index in [4.69, 9.17) is 0 Å². The molecule has 1 heterocycles. The Balaban J connectivity index is 1.53. The monoisotopic (exact) mass is 261 g/mol. The Morgan fingerprint density at radius 1 is 1.32 bits per heavy atom. The van der Waals surface area contributed by atoms with Crippen LogP contribution in [0.25, 0.3) is 0 Å². The minimum Gasteiger partial charge on any atom is -0.308 e. The van der Waals surface area contributed by atoms with Gasteiger partial charge < -0.3 is 5.32 Å². The molecule has 2 bridgehead atoms. The summed E-state index contributed by atoms with van der Waals surface area (Å²) in [6.07, 6.45) is 10.1. The molecule has 3 rings (SSSR count). The molecule has 1 aromatic rings. The Morgan fingerprint density at radius 3 is 2.79 bits per heavy atom. The molecule has 1 N–H and O–H groups in total. The molecule has 2 aliphatic rings. The van der Waals surface area contributed by atoms with E-state index in [-0.39, 0.29) is 5.54 Å². The molecule has 2 aliphatic carbocycles. The van der Waals surface area contributed by atoms with Crippen molar-refractivity contribution in [1.29, 1.82) is 0 Å². The van der Waals surface area contributed by atoms with E-state index >= 15 is 0 Å². The van der Waals surface area contributed by atoms with Crippen LogP contribution in [0.1, 0.15) is 52.0 Å². The molecule has 2 saturated carbocycles. The number of nitrogens with one attached hydrogen (secondary N) is 1. The third-order valence-electron chi connectivity index (χ3n) is 4.82. The fourth-order valence-corrected chi connectivity index (χ4v) is 3.81. The Labute approximate surface area is 116 Å². The highest BCUT2D eigenvalue weighted by Gasteiger charge is 2.39. The van der Waals surface area contributed by atoms with Crippen molar-refractivity contribution in [3.63, 3.8) is 0 Å². The van der Waals surface area contributed by atoms with Gasteiger partial charge in [0, 0.05) is 30.4 Å². The van der Waals surface area contributed by atoms with Crippen molar-refractivity contribution >= 4 is 0 Å². The first kappa shape index (κ1) is 13.2. The van der Waals surface area contributed by atoms with Gasteiger partial charge in [-0.05, 0) is 57.8 Å². The maximum Gasteiger partial charge on any atom is 0.0534 e. The zero-order chi connectivity index (χ0) is 13.5. The smallest absolute Gasteiger partial charge is 0.0534 e. The molecule has 0 aliphatic heterocycles. The normalized spacial score (nSPS) is 30.2. The van der Waals surface area contributed by atoms with Gasteiger partial charge in [-0.3, -0.25) is 4.68 Å². The minimum atomic E-state index is 0.173. The van der Waals surface area contributed by atoms with Gasteiger partial charge in [0.15, 0.2) is 0 Å². The van der Waals surface area contributed by atoms with Crippen LogP contribution in [0.3, 0.4) is 0 Å². The van der Waals surface area contributed by atoms with Crippen LogP contribution >= 0.6 is 0 Å². The third-order valence-corrected chi connectivity index (χ3v) is 4.82. The molecular weight excluding hydrogens is 234 g/mol. The van der Waals surface area contributed by atoms with E-state index in [1.54, 1.807) is 0 Å². The second-order valence-corrected chi connectivity index (χ2v) is 7.61. The topological polar surface area (TPSA) is 29.9 Å². The predicted molar refractivity (Wildman–Crippen MR) is 77.8 cm³/mol. The van der Waals surface area contributed by atoms with E-state index in [2.05, 4.69) is 42.1 Å². The van der Waals surface area contributed by atoms with Gasteiger partial charge in [-0.1, -0.05) is 6.42 Å². The number of fused-ring (bicyclic) bond motifs is 2. The van der Waals surface area contributed by atoms with Gasteiger partial charge in [-0.2, -0.15) is 5.10 Å². The molecule has 0 radical (unpaired) electrons. The van der Waals surface area contributed by atoms with Gasteiger partial charge in [-0.15, -0.1) is 0 Å². The van der Waals surface area contributed by atoms with Crippen LogP contribution in [0.15, 0.2) is 12.4 Å².